The fourth-order valence-electron chi connectivity index (χ4n) is 2.46. The molecule has 26 heavy (non-hydrogen) atoms. The van der Waals surface area contributed by atoms with E-state index in [0.29, 0.717) is 30.0 Å². The Kier molecular flexibility index (Phi) is 6.78. The average Bonchev–Trinajstić information content (AvgIpc) is 2.64. The van der Waals surface area contributed by atoms with E-state index in [1.807, 2.05) is 57.2 Å². The molecule has 1 unspecified atom stereocenters. The van der Waals surface area contributed by atoms with Crippen LogP contribution in [0.1, 0.15) is 37.8 Å². The zero-order valence-corrected chi connectivity index (χ0v) is 15.8. The number of benzene rings is 2. The molecule has 0 aliphatic rings. The van der Waals surface area contributed by atoms with E-state index in [2.05, 4.69) is 10.6 Å². The van der Waals surface area contributed by atoms with Gasteiger partial charge < -0.3 is 15.4 Å². The Bertz CT molecular complexity index is 769. The number of carbonyl (C=O) groups is 2. The van der Waals surface area contributed by atoms with Gasteiger partial charge in [-0.2, -0.15) is 0 Å². The first kappa shape index (κ1) is 19.5. The molecule has 0 radical (unpaired) electrons. The Balaban J connectivity index is 2.10. The maximum atomic E-state index is 12.6. The van der Waals surface area contributed by atoms with Crippen LogP contribution in [0, 0.1) is 13.8 Å². The van der Waals surface area contributed by atoms with E-state index in [4.69, 9.17) is 4.74 Å². The molecule has 5 nitrogen and oxygen atoms in total. The summed E-state index contributed by atoms with van der Waals surface area (Å²) in [5.74, 6) is 0.388. The highest BCUT2D eigenvalue weighted by Crippen LogP contribution is 2.24. The lowest BCUT2D eigenvalue weighted by Crippen LogP contribution is -2.32. The van der Waals surface area contributed by atoms with Gasteiger partial charge in [0.1, 0.15) is 5.75 Å². The highest BCUT2D eigenvalue weighted by atomic mass is 16.5. The van der Waals surface area contributed by atoms with Gasteiger partial charge in [0.15, 0.2) is 6.10 Å². The molecule has 5 heteroatoms. The van der Waals surface area contributed by atoms with Gasteiger partial charge >= 0.3 is 0 Å². The van der Waals surface area contributed by atoms with Crippen molar-refractivity contribution in [1.29, 1.82) is 0 Å². The summed E-state index contributed by atoms with van der Waals surface area (Å²) in [7, 11) is 0. The van der Waals surface area contributed by atoms with Crippen LogP contribution in [0.4, 0.5) is 11.4 Å². The standard InChI is InChI=1S/C21H26N2O3/c1-5-19(26-16-12-10-14(3)11-13-16)21(25)23-18-9-7-8-17(15(18)4)22-20(24)6-2/h7-13,19H,5-6H2,1-4H3,(H,22,24)(H,23,25). The van der Waals surface area contributed by atoms with Crippen molar-refractivity contribution in [1.82, 2.24) is 0 Å². The number of aryl methyl sites for hydroxylation is 1. The Morgan fingerprint density at radius 2 is 1.58 bits per heavy atom. The van der Waals surface area contributed by atoms with Gasteiger partial charge in [0.25, 0.3) is 5.91 Å². The first-order valence-electron chi connectivity index (χ1n) is 8.88. The van der Waals surface area contributed by atoms with E-state index < -0.39 is 6.10 Å². The molecule has 2 N–H and O–H groups in total. The van der Waals surface area contributed by atoms with Crippen molar-refractivity contribution in [3.8, 4) is 5.75 Å². The Hall–Kier alpha value is -2.82. The van der Waals surface area contributed by atoms with Gasteiger partial charge in [-0.1, -0.05) is 37.6 Å². The van der Waals surface area contributed by atoms with Crippen LogP contribution in [0.25, 0.3) is 0 Å². The summed E-state index contributed by atoms with van der Waals surface area (Å²) in [5.41, 5.74) is 3.31. The number of carbonyl (C=O) groups excluding carboxylic acids is 2. The predicted octanol–water partition coefficient (Wildman–Crippen LogP) is 4.45. The van der Waals surface area contributed by atoms with E-state index in [1.54, 1.807) is 13.0 Å². The lowest BCUT2D eigenvalue weighted by atomic mass is 10.1. The minimum absolute atomic E-state index is 0.0642. The zero-order chi connectivity index (χ0) is 19.1. The Morgan fingerprint density at radius 1 is 0.962 bits per heavy atom. The second kappa shape index (κ2) is 9.04. The van der Waals surface area contributed by atoms with E-state index >= 15 is 0 Å². The second-order valence-electron chi connectivity index (χ2n) is 6.20. The van der Waals surface area contributed by atoms with E-state index in [0.717, 1.165) is 11.1 Å². The van der Waals surface area contributed by atoms with Crippen molar-refractivity contribution in [3.63, 3.8) is 0 Å². The van der Waals surface area contributed by atoms with E-state index in [1.165, 1.54) is 0 Å². The minimum Gasteiger partial charge on any atom is -0.481 e. The summed E-state index contributed by atoms with van der Waals surface area (Å²) in [6, 6.07) is 13.0. The highest BCUT2D eigenvalue weighted by molar-refractivity contribution is 5.97. The van der Waals surface area contributed by atoms with Gasteiger partial charge in [-0.25, -0.2) is 0 Å². The molecule has 2 amide bonds. The van der Waals surface area contributed by atoms with Crippen LogP contribution in [-0.4, -0.2) is 17.9 Å². The van der Waals surface area contributed by atoms with E-state index in [9.17, 15) is 9.59 Å². The third-order valence-corrected chi connectivity index (χ3v) is 4.15. The predicted molar refractivity (Wildman–Crippen MR) is 105 cm³/mol. The first-order valence-corrected chi connectivity index (χ1v) is 8.88. The van der Waals surface area contributed by atoms with Crippen LogP contribution in [0.2, 0.25) is 0 Å². The molecule has 0 fully saturated rings. The smallest absolute Gasteiger partial charge is 0.265 e. The van der Waals surface area contributed by atoms with Gasteiger partial charge in [-0.05, 0) is 50.1 Å². The fraction of sp³-hybridized carbons (Fsp3) is 0.333. The summed E-state index contributed by atoms with van der Waals surface area (Å²) >= 11 is 0. The van der Waals surface area contributed by atoms with Crippen molar-refractivity contribution < 1.29 is 14.3 Å². The third-order valence-electron chi connectivity index (χ3n) is 4.15. The normalized spacial score (nSPS) is 11.5. The SMILES string of the molecule is CCC(=O)Nc1cccc(NC(=O)C(CC)Oc2ccc(C)cc2)c1C. The van der Waals surface area contributed by atoms with Crippen LogP contribution in [0.3, 0.4) is 0 Å². The Morgan fingerprint density at radius 3 is 2.15 bits per heavy atom. The van der Waals surface area contributed by atoms with Crippen molar-refractivity contribution in [3.05, 3.63) is 53.6 Å². The lowest BCUT2D eigenvalue weighted by Gasteiger charge is -2.19. The number of ether oxygens (including phenoxy) is 1. The van der Waals surface area contributed by atoms with Crippen LogP contribution in [0.15, 0.2) is 42.5 Å². The van der Waals surface area contributed by atoms with Gasteiger partial charge in [-0.15, -0.1) is 0 Å². The molecule has 138 valence electrons. The van der Waals surface area contributed by atoms with Gasteiger partial charge in [0.05, 0.1) is 0 Å². The molecular formula is C21H26N2O3. The largest absolute Gasteiger partial charge is 0.481 e. The molecule has 2 aromatic carbocycles. The van der Waals surface area contributed by atoms with Gasteiger partial charge in [0.2, 0.25) is 5.91 Å². The number of hydrogen-bond acceptors (Lipinski definition) is 3. The maximum absolute atomic E-state index is 12.6. The average molecular weight is 354 g/mol. The van der Waals surface area contributed by atoms with Crippen molar-refractivity contribution in [2.75, 3.05) is 10.6 Å². The second-order valence-corrected chi connectivity index (χ2v) is 6.20. The molecule has 0 saturated carbocycles. The van der Waals surface area contributed by atoms with Crippen LogP contribution < -0.4 is 15.4 Å². The molecule has 0 aromatic heterocycles. The Labute approximate surface area is 154 Å². The third kappa shape index (κ3) is 5.09. The number of nitrogens with one attached hydrogen (secondary N) is 2. The summed E-state index contributed by atoms with van der Waals surface area (Å²) in [6.45, 7) is 7.57. The zero-order valence-electron chi connectivity index (χ0n) is 15.8. The molecule has 0 bridgehead atoms. The first-order chi connectivity index (χ1) is 12.4. The number of anilines is 2. The molecule has 2 aromatic rings. The quantitative estimate of drug-likeness (QED) is 0.772. The van der Waals surface area contributed by atoms with Gasteiger partial charge in [-0.3, -0.25) is 9.59 Å². The molecule has 0 aliphatic heterocycles. The monoisotopic (exact) mass is 354 g/mol. The number of rotatable bonds is 7. The van der Waals surface area contributed by atoms with Crippen LogP contribution in [-0.2, 0) is 9.59 Å². The van der Waals surface area contributed by atoms with E-state index in [-0.39, 0.29) is 11.8 Å². The molecule has 0 saturated heterocycles. The number of hydrogen-bond donors (Lipinski definition) is 2. The van der Waals surface area contributed by atoms with Crippen molar-refractivity contribution >= 4 is 23.2 Å². The lowest BCUT2D eigenvalue weighted by molar-refractivity contribution is -0.122. The molecule has 0 spiro atoms. The summed E-state index contributed by atoms with van der Waals surface area (Å²) in [6.07, 6.45) is 0.356. The molecular weight excluding hydrogens is 328 g/mol. The topological polar surface area (TPSA) is 67.4 Å². The molecule has 0 aliphatic carbocycles. The summed E-state index contributed by atoms with van der Waals surface area (Å²) < 4.78 is 5.82. The fourth-order valence-corrected chi connectivity index (χ4v) is 2.46. The maximum Gasteiger partial charge on any atom is 0.265 e. The van der Waals surface area contributed by atoms with Crippen LogP contribution in [0.5, 0.6) is 5.75 Å². The summed E-state index contributed by atoms with van der Waals surface area (Å²) in [4.78, 5) is 24.3. The highest BCUT2D eigenvalue weighted by Gasteiger charge is 2.19. The van der Waals surface area contributed by atoms with Gasteiger partial charge in [0, 0.05) is 17.8 Å². The van der Waals surface area contributed by atoms with Crippen molar-refractivity contribution in [2.24, 2.45) is 0 Å². The molecule has 2 rings (SSSR count). The van der Waals surface area contributed by atoms with Crippen LogP contribution >= 0.6 is 0 Å². The molecule has 0 heterocycles. The summed E-state index contributed by atoms with van der Waals surface area (Å²) in [5, 5.41) is 5.75. The van der Waals surface area contributed by atoms with Crippen molar-refractivity contribution in [2.45, 2.75) is 46.6 Å². The number of amides is 2. The molecule has 1 atom stereocenters. The minimum atomic E-state index is -0.592.